The van der Waals surface area contributed by atoms with Crippen molar-refractivity contribution in [1.29, 1.82) is 0 Å². The Bertz CT molecular complexity index is 558. The van der Waals surface area contributed by atoms with Gasteiger partial charge in [-0.1, -0.05) is 0 Å². The van der Waals surface area contributed by atoms with Gasteiger partial charge in [0.15, 0.2) is 6.29 Å². The molecule has 0 aromatic carbocycles. The summed E-state index contributed by atoms with van der Waals surface area (Å²) < 4.78 is 4.64. The standard InChI is InChI=1S/C12H8N2O3S2/c15-7-9-1-3-11(13-5-9)18-19-12-4-2-10(6-14-12)17-8-16/h1-8H. The summed E-state index contributed by atoms with van der Waals surface area (Å²) in [5.74, 6) is 0.401. The van der Waals surface area contributed by atoms with E-state index in [0.717, 1.165) is 16.3 Å². The number of aromatic nitrogens is 2. The third-order valence-electron chi connectivity index (χ3n) is 2.00. The molecule has 96 valence electrons. The molecule has 0 N–H and O–H groups in total. The lowest BCUT2D eigenvalue weighted by atomic mass is 10.3. The van der Waals surface area contributed by atoms with E-state index in [1.54, 1.807) is 24.3 Å². The first-order chi connectivity index (χ1) is 9.31. The highest BCUT2D eigenvalue weighted by Crippen LogP contribution is 2.35. The zero-order valence-corrected chi connectivity index (χ0v) is 11.2. The quantitative estimate of drug-likeness (QED) is 0.598. The first-order valence-corrected chi connectivity index (χ1v) is 7.29. The lowest BCUT2D eigenvalue weighted by Gasteiger charge is -2.01. The van der Waals surface area contributed by atoms with E-state index in [9.17, 15) is 9.59 Å². The Balaban J connectivity index is 1.93. The topological polar surface area (TPSA) is 69.2 Å². The maximum atomic E-state index is 10.5. The van der Waals surface area contributed by atoms with E-state index >= 15 is 0 Å². The lowest BCUT2D eigenvalue weighted by molar-refractivity contribution is -0.120. The van der Waals surface area contributed by atoms with Crippen LogP contribution in [0.5, 0.6) is 5.75 Å². The minimum Gasteiger partial charge on any atom is -0.427 e. The number of carbonyl (C=O) groups excluding carboxylic acids is 2. The van der Waals surface area contributed by atoms with Crippen molar-refractivity contribution in [1.82, 2.24) is 9.97 Å². The molecule has 2 aromatic heterocycles. The molecular formula is C12H8N2O3S2. The van der Waals surface area contributed by atoms with Gasteiger partial charge in [0.25, 0.3) is 6.47 Å². The molecule has 0 aliphatic carbocycles. The van der Waals surface area contributed by atoms with Crippen molar-refractivity contribution in [2.24, 2.45) is 0 Å². The predicted octanol–water partition coefficient (Wildman–Crippen LogP) is 2.62. The van der Waals surface area contributed by atoms with Crippen LogP contribution in [0.2, 0.25) is 0 Å². The normalized spacial score (nSPS) is 9.89. The second-order valence-electron chi connectivity index (χ2n) is 3.26. The van der Waals surface area contributed by atoms with E-state index < -0.39 is 0 Å². The molecule has 0 unspecified atom stereocenters. The van der Waals surface area contributed by atoms with Crippen LogP contribution in [0, 0.1) is 0 Å². The molecule has 2 rings (SSSR count). The molecule has 2 heterocycles. The van der Waals surface area contributed by atoms with Gasteiger partial charge in [0.2, 0.25) is 0 Å². The van der Waals surface area contributed by atoms with Gasteiger partial charge in [0, 0.05) is 11.8 Å². The predicted molar refractivity (Wildman–Crippen MR) is 72.3 cm³/mol. The summed E-state index contributed by atoms with van der Waals surface area (Å²) in [6.45, 7) is 0.358. The number of nitrogens with zero attached hydrogens (tertiary/aromatic N) is 2. The maximum absolute atomic E-state index is 10.5. The maximum Gasteiger partial charge on any atom is 0.298 e. The Morgan fingerprint density at radius 1 is 0.947 bits per heavy atom. The molecule has 0 bridgehead atoms. The number of ether oxygens (including phenoxy) is 1. The van der Waals surface area contributed by atoms with Gasteiger partial charge in [-0.3, -0.25) is 9.59 Å². The van der Waals surface area contributed by atoms with Crippen LogP contribution in [-0.2, 0) is 4.79 Å². The summed E-state index contributed by atoms with van der Waals surface area (Å²) in [7, 11) is 2.85. The summed E-state index contributed by atoms with van der Waals surface area (Å²) in [4.78, 5) is 28.9. The highest BCUT2D eigenvalue weighted by molar-refractivity contribution is 8.76. The molecule has 7 heteroatoms. The molecule has 0 fully saturated rings. The minimum absolute atomic E-state index is 0.358. The third-order valence-corrected chi connectivity index (χ3v) is 4.18. The molecular weight excluding hydrogens is 284 g/mol. The van der Waals surface area contributed by atoms with E-state index in [4.69, 9.17) is 0 Å². The highest BCUT2D eigenvalue weighted by atomic mass is 33.1. The van der Waals surface area contributed by atoms with Gasteiger partial charge in [-0.25, -0.2) is 9.97 Å². The highest BCUT2D eigenvalue weighted by Gasteiger charge is 2.01. The van der Waals surface area contributed by atoms with Gasteiger partial charge in [-0.2, -0.15) is 0 Å². The van der Waals surface area contributed by atoms with Crippen LogP contribution >= 0.6 is 21.6 Å². The molecule has 0 aliphatic heterocycles. The van der Waals surface area contributed by atoms with Gasteiger partial charge >= 0.3 is 0 Å². The molecule has 0 aliphatic rings. The fraction of sp³-hybridized carbons (Fsp3) is 0. The molecule has 0 spiro atoms. The Labute approximate surface area is 117 Å². The first kappa shape index (κ1) is 13.6. The molecule has 0 amide bonds. The zero-order valence-electron chi connectivity index (χ0n) is 9.55. The van der Waals surface area contributed by atoms with Crippen LogP contribution in [-0.4, -0.2) is 22.7 Å². The Hall–Kier alpha value is -1.86. The summed E-state index contributed by atoms with van der Waals surface area (Å²) >= 11 is 0. The number of hydrogen-bond donors (Lipinski definition) is 0. The molecule has 5 nitrogen and oxygen atoms in total. The van der Waals surface area contributed by atoms with Crippen molar-refractivity contribution >= 4 is 34.3 Å². The van der Waals surface area contributed by atoms with Crippen LogP contribution in [0.4, 0.5) is 0 Å². The second kappa shape index (κ2) is 6.91. The van der Waals surface area contributed by atoms with Crippen LogP contribution in [0.15, 0.2) is 46.7 Å². The van der Waals surface area contributed by atoms with Crippen molar-refractivity contribution < 1.29 is 14.3 Å². The molecule has 19 heavy (non-hydrogen) atoms. The van der Waals surface area contributed by atoms with Gasteiger partial charge in [-0.15, -0.1) is 0 Å². The van der Waals surface area contributed by atoms with Gasteiger partial charge in [0.05, 0.1) is 6.20 Å². The third kappa shape index (κ3) is 4.08. The van der Waals surface area contributed by atoms with Gasteiger partial charge in [0.1, 0.15) is 15.8 Å². The molecule has 0 saturated carbocycles. The van der Waals surface area contributed by atoms with Crippen LogP contribution in [0.1, 0.15) is 10.4 Å². The zero-order chi connectivity index (χ0) is 13.5. The second-order valence-corrected chi connectivity index (χ2v) is 5.43. The summed E-state index contributed by atoms with van der Waals surface area (Å²) in [5, 5.41) is 1.55. The number of hydrogen-bond acceptors (Lipinski definition) is 7. The Morgan fingerprint density at radius 3 is 2.11 bits per heavy atom. The SMILES string of the molecule is O=COc1ccc(SSc2ccc(C=O)cn2)nc1. The largest absolute Gasteiger partial charge is 0.427 e. The average molecular weight is 292 g/mol. The number of pyridine rings is 2. The summed E-state index contributed by atoms with van der Waals surface area (Å²) in [5.41, 5.74) is 0.544. The molecule has 0 atom stereocenters. The van der Waals surface area contributed by atoms with Crippen LogP contribution in [0.3, 0.4) is 0 Å². The Kier molecular flexibility index (Phi) is 4.93. The fourth-order valence-electron chi connectivity index (χ4n) is 1.14. The number of aldehydes is 1. The van der Waals surface area contributed by atoms with Crippen molar-refractivity contribution in [2.75, 3.05) is 0 Å². The molecule has 2 aromatic rings. The molecule has 0 saturated heterocycles. The Morgan fingerprint density at radius 2 is 1.63 bits per heavy atom. The number of rotatable bonds is 6. The van der Waals surface area contributed by atoms with E-state index in [1.807, 2.05) is 0 Å². The summed E-state index contributed by atoms with van der Waals surface area (Å²) in [6.07, 6.45) is 3.74. The van der Waals surface area contributed by atoms with Gasteiger partial charge < -0.3 is 4.74 Å². The monoisotopic (exact) mass is 292 g/mol. The van der Waals surface area contributed by atoms with Crippen molar-refractivity contribution in [3.05, 3.63) is 42.2 Å². The average Bonchev–Trinajstić information content (AvgIpc) is 2.47. The van der Waals surface area contributed by atoms with Crippen molar-refractivity contribution in [3.8, 4) is 5.75 Å². The first-order valence-electron chi connectivity index (χ1n) is 5.14. The van der Waals surface area contributed by atoms with E-state index in [1.165, 1.54) is 34.0 Å². The van der Waals surface area contributed by atoms with E-state index in [2.05, 4.69) is 14.7 Å². The smallest absolute Gasteiger partial charge is 0.298 e. The van der Waals surface area contributed by atoms with Crippen LogP contribution in [0.25, 0.3) is 0 Å². The molecule has 0 radical (unpaired) electrons. The minimum atomic E-state index is 0.358. The summed E-state index contributed by atoms with van der Waals surface area (Å²) in [6, 6.07) is 6.88. The lowest BCUT2D eigenvalue weighted by Crippen LogP contribution is -1.89. The van der Waals surface area contributed by atoms with Crippen molar-refractivity contribution in [3.63, 3.8) is 0 Å². The van der Waals surface area contributed by atoms with E-state index in [-0.39, 0.29) is 0 Å². The number of carbonyl (C=O) groups is 2. The van der Waals surface area contributed by atoms with Gasteiger partial charge in [-0.05, 0) is 45.9 Å². The fourth-order valence-corrected chi connectivity index (χ4v) is 2.85. The van der Waals surface area contributed by atoms with Crippen molar-refractivity contribution in [2.45, 2.75) is 10.1 Å². The van der Waals surface area contributed by atoms with E-state index in [0.29, 0.717) is 17.8 Å². The van der Waals surface area contributed by atoms with Crippen LogP contribution < -0.4 is 4.74 Å².